The monoisotopic (exact) mass is 348 g/mol. The lowest BCUT2D eigenvalue weighted by molar-refractivity contribution is -0.128. The summed E-state index contributed by atoms with van der Waals surface area (Å²) in [4.78, 5) is 36.7. The van der Waals surface area contributed by atoms with Crippen molar-refractivity contribution in [2.24, 2.45) is 0 Å². The van der Waals surface area contributed by atoms with E-state index >= 15 is 0 Å². The third kappa shape index (κ3) is 6.33. The first kappa shape index (κ1) is 18.6. The van der Waals surface area contributed by atoms with E-state index in [2.05, 4.69) is 16.0 Å². The van der Waals surface area contributed by atoms with Gasteiger partial charge in [0.15, 0.2) is 0 Å². The number of carbonyl (C=O) groups excluding carboxylic acids is 3. The molecule has 1 aromatic rings. The molecule has 25 heavy (non-hydrogen) atoms. The molecule has 1 aliphatic heterocycles. The molecule has 0 saturated carbocycles. The molecule has 1 aromatic carbocycles. The summed E-state index contributed by atoms with van der Waals surface area (Å²) in [7, 11) is 0. The van der Waals surface area contributed by atoms with Gasteiger partial charge in [-0.3, -0.25) is 4.79 Å². The first-order valence-corrected chi connectivity index (χ1v) is 8.35. The van der Waals surface area contributed by atoms with Crippen molar-refractivity contribution in [3.05, 3.63) is 35.9 Å². The van der Waals surface area contributed by atoms with Crippen molar-refractivity contribution in [1.29, 1.82) is 0 Å². The van der Waals surface area contributed by atoms with Gasteiger partial charge in [-0.25, -0.2) is 9.59 Å². The maximum atomic E-state index is 12.1. The molecule has 0 aromatic heterocycles. The van der Waals surface area contributed by atoms with Gasteiger partial charge in [0.2, 0.25) is 5.91 Å². The van der Waals surface area contributed by atoms with E-state index < -0.39 is 6.09 Å². The molecular formula is C17H24N4O4. The van der Waals surface area contributed by atoms with Crippen molar-refractivity contribution in [1.82, 2.24) is 20.9 Å². The van der Waals surface area contributed by atoms with E-state index in [1.807, 2.05) is 30.3 Å². The van der Waals surface area contributed by atoms with Crippen LogP contribution >= 0.6 is 0 Å². The molecule has 1 heterocycles. The molecule has 1 atom stereocenters. The normalized spacial score (nSPS) is 16.4. The maximum absolute atomic E-state index is 12.1. The smallest absolute Gasteiger partial charge is 0.407 e. The number of nitrogens with one attached hydrogen (secondary N) is 3. The number of hydrogen-bond donors (Lipinski definition) is 3. The third-order valence-electron chi connectivity index (χ3n) is 3.72. The minimum absolute atomic E-state index is 0.0260. The Morgan fingerprint density at radius 2 is 1.92 bits per heavy atom. The summed E-state index contributed by atoms with van der Waals surface area (Å²) in [6.07, 6.45) is -0.218. The number of hydrogen-bond acceptors (Lipinski definition) is 4. The third-order valence-corrected chi connectivity index (χ3v) is 3.72. The number of rotatable bonds is 7. The Morgan fingerprint density at radius 1 is 1.20 bits per heavy atom. The minimum atomic E-state index is -0.511. The number of likely N-dealkylation sites (tertiary alicyclic amines) is 1. The van der Waals surface area contributed by atoms with Gasteiger partial charge >= 0.3 is 12.1 Å². The standard InChI is InChI=1S/C17H24N4O4/c1-2-25-17(24)19-9-8-18-16(23)20-14-10-15(22)21(12-14)11-13-6-4-3-5-7-13/h3-7,14H,2,8-12H2,1H3,(H,19,24)(H2,18,20,23). The van der Waals surface area contributed by atoms with Crippen LogP contribution in [0, 0.1) is 0 Å². The fourth-order valence-corrected chi connectivity index (χ4v) is 2.58. The van der Waals surface area contributed by atoms with Crippen LogP contribution in [0.25, 0.3) is 0 Å². The summed E-state index contributed by atoms with van der Waals surface area (Å²) in [5, 5.41) is 7.93. The second kappa shape index (κ2) is 9.51. The number of amides is 4. The van der Waals surface area contributed by atoms with Crippen LogP contribution in [0.4, 0.5) is 9.59 Å². The van der Waals surface area contributed by atoms with Gasteiger partial charge in [0, 0.05) is 32.6 Å². The topological polar surface area (TPSA) is 99.8 Å². The second-order valence-corrected chi connectivity index (χ2v) is 5.71. The highest BCUT2D eigenvalue weighted by molar-refractivity contribution is 5.81. The van der Waals surface area contributed by atoms with E-state index in [4.69, 9.17) is 4.74 Å². The van der Waals surface area contributed by atoms with Crippen molar-refractivity contribution >= 4 is 18.0 Å². The van der Waals surface area contributed by atoms with E-state index in [-0.39, 0.29) is 31.1 Å². The largest absolute Gasteiger partial charge is 0.450 e. The van der Waals surface area contributed by atoms with Crippen molar-refractivity contribution in [3.8, 4) is 0 Å². The maximum Gasteiger partial charge on any atom is 0.407 e. The predicted molar refractivity (Wildman–Crippen MR) is 91.8 cm³/mol. The summed E-state index contributed by atoms with van der Waals surface area (Å²) < 4.78 is 4.71. The van der Waals surface area contributed by atoms with E-state index in [0.29, 0.717) is 26.1 Å². The number of carbonyl (C=O) groups is 3. The fourth-order valence-electron chi connectivity index (χ4n) is 2.58. The van der Waals surface area contributed by atoms with Crippen LogP contribution in [-0.2, 0) is 16.1 Å². The van der Waals surface area contributed by atoms with Gasteiger partial charge in [0.05, 0.1) is 12.6 Å². The number of alkyl carbamates (subject to hydrolysis) is 1. The first-order chi connectivity index (χ1) is 12.1. The molecule has 136 valence electrons. The van der Waals surface area contributed by atoms with Crippen LogP contribution < -0.4 is 16.0 Å². The first-order valence-electron chi connectivity index (χ1n) is 8.35. The zero-order chi connectivity index (χ0) is 18.1. The fraction of sp³-hybridized carbons (Fsp3) is 0.471. The zero-order valence-corrected chi connectivity index (χ0v) is 14.3. The average molecular weight is 348 g/mol. The molecule has 0 radical (unpaired) electrons. The van der Waals surface area contributed by atoms with Crippen LogP contribution in [0.2, 0.25) is 0 Å². The van der Waals surface area contributed by atoms with Crippen molar-refractivity contribution < 1.29 is 19.1 Å². The lowest BCUT2D eigenvalue weighted by Gasteiger charge is -2.17. The molecule has 8 heteroatoms. The van der Waals surface area contributed by atoms with Crippen LogP contribution in [0.15, 0.2) is 30.3 Å². The Labute approximate surface area is 146 Å². The number of urea groups is 1. The molecule has 0 spiro atoms. The molecule has 0 bridgehead atoms. The Balaban J connectivity index is 1.66. The number of benzene rings is 1. The Hall–Kier alpha value is -2.77. The molecule has 4 amide bonds. The van der Waals surface area contributed by atoms with Crippen LogP contribution in [0.1, 0.15) is 18.9 Å². The number of nitrogens with zero attached hydrogens (tertiary/aromatic N) is 1. The van der Waals surface area contributed by atoms with Gasteiger partial charge in [-0.1, -0.05) is 30.3 Å². The van der Waals surface area contributed by atoms with Gasteiger partial charge in [-0.05, 0) is 12.5 Å². The van der Waals surface area contributed by atoms with E-state index in [1.165, 1.54) is 0 Å². The molecule has 0 aliphatic carbocycles. The minimum Gasteiger partial charge on any atom is -0.450 e. The van der Waals surface area contributed by atoms with Crippen LogP contribution in [0.3, 0.4) is 0 Å². The van der Waals surface area contributed by atoms with E-state index in [1.54, 1.807) is 11.8 Å². The molecule has 1 unspecified atom stereocenters. The SMILES string of the molecule is CCOC(=O)NCCNC(=O)NC1CC(=O)N(Cc2ccccc2)C1. The second-order valence-electron chi connectivity index (χ2n) is 5.71. The zero-order valence-electron chi connectivity index (χ0n) is 14.3. The molecule has 3 N–H and O–H groups in total. The lowest BCUT2D eigenvalue weighted by atomic mass is 10.2. The highest BCUT2D eigenvalue weighted by Crippen LogP contribution is 2.14. The summed E-state index contributed by atoms with van der Waals surface area (Å²) in [5.41, 5.74) is 1.06. The highest BCUT2D eigenvalue weighted by Gasteiger charge is 2.30. The van der Waals surface area contributed by atoms with Crippen molar-refractivity contribution in [2.75, 3.05) is 26.2 Å². The Morgan fingerprint density at radius 3 is 2.64 bits per heavy atom. The average Bonchev–Trinajstić information content (AvgIpc) is 2.92. The Kier molecular flexibility index (Phi) is 7.06. The molecule has 8 nitrogen and oxygen atoms in total. The number of ether oxygens (including phenoxy) is 1. The molecule has 1 fully saturated rings. The van der Waals surface area contributed by atoms with Crippen molar-refractivity contribution in [3.63, 3.8) is 0 Å². The highest BCUT2D eigenvalue weighted by atomic mass is 16.5. The molecule has 1 saturated heterocycles. The van der Waals surface area contributed by atoms with E-state index in [0.717, 1.165) is 5.56 Å². The van der Waals surface area contributed by atoms with Crippen molar-refractivity contribution in [2.45, 2.75) is 25.9 Å². The van der Waals surface area contributed by atoms with Gasteiger partial charge in [0.25, 0.3) is 0 Å². The summed E-state index contributed by atoms with van der Waals surface area (Å²) in [5.74, 6) is 0.0260. The van der Waals surface area contributed by atoms with Gasteiger partial charge in [-0.15, -0.1) is 0 Å². The lowest BCUT2D eigenvalue weighted by Crippen LogP contribution is -2.45. The summed E-state index contributed by atoms with van der Waals surface area (Å²) in [6.45, 7) is 3.60. The molecular weight excluding hydrogens is 324 g/mol. The summed E-state index contributed by atoms with van der Waals surface area (Å²) >= 11 is 0. The summed E-state index contributed by atoms with van der Waals surface area (Å²) in [6, 6.07) is 9.17. The van der Waals surface area contributed by atoms with E-state index in [9.17, 15) is 14.4 Å². The molecule has 1 aliphatic rings. The Bertz CT molecular complexity index is 594. The van der Waals surface area contributed by atoms with Gasteiger partial charge in [-0.2, -0.15) is 0 Å². The van der Waals surface area contributed by atoms with Crippen LogP contribution in [0.5, 0.6) is 0 Å². The van der Waals surface area contributed by atoms with Gasteiger partial charge in [0.1, 0.15) is 0 Å². The van der Waals surface area contributed by atoms with Gasteiger partial charge < -0.3 is 25.6 Å². The predicted octanol–water partition coefficient (Wildman–Crippen LogP) is 0.833. The molecule has 2 rings (SSSR count). The quantitative estimate of drug-likeness (QED) is 0.636. The van der Waals surface area contributed by atoms with Crippen LogP contribution in [-0.4, -0.2) is 55.2 Å².